The molecule has 0 spiro atoms. The average Bonchev–Trinajstić information content (AvgIpc) is 2.15. The highest BCUT2D eigenvalue weighted by molar-refractivity contribution is 5.79. The fourth-order valence-corrected chi connectivity index (χ4v) is 2.30. The number of amides is 1. The molecule has 15 heavy (non-hydrogen) atoms. The van der Waals surface area contributed by atoms with Gasteiger partial charge in [-0.1, -0.05) is 12.8 Å². The molecule has 2 atom stereocenters. The molecule has 0 aromatic rings. The van der Waals surface area contributed by atoms with Gasteiger partial charge in [0.15, 0.2) is 0 Å². The van der Waals surface area contributed by atoms with E-state index in [9.17, 15) is 4.79 Å². The predicted molar refractivity (Wildman–Crippen MR) is 62.4 cm³/mol. The molecular formula is C12H24N2O. The molecule has 1 amide bonds. The minimum Gasteiger partial charge on any atom is -0.351 e. The Morgan fingerprint density at radius 3 is 2.47 bits per heavy atom. The van der Waals surface area contributed by atoms with Gasteiger partial charge >= 0.3 is 0 Å². The maximum absolute atomic E-state index is 12.0. The lowest BCUT2D eigenvalue weighted by molar-refractivity contribution is -0.129. The normalized spacial score (nSPS) is 27.5. The number of nitrogens with one attached hydrogen (secondary N) is 1. The van der Waals surface area contributed by atoms with Gasteiger partial charge in [0.05, 0.1) is 0 Å². The summed E-state index contributed by atoms with van der Waals surface area (Å²) in [5, 5.41) is 3.06. The zero-order valence-electron chi connectivity index (χ0n) is 10.2. The van der Waals surface area contributed by atoms with Crippen LogP contribution in [0, 0.1) is 11.8 Å². The Balaban J connectivity index is 2.56. The summed E-state index contributed by atoms with van der Waals surface area (Å²) in [6.07, 6.45) is 4.50. The maximum Gasteiger partial charge on any atom is 0.223 e. The first-order valence-electron chi connectivity index (χ1n) is 5.96. The lowest BCUT2D eigenvalue weighted by Gasteiger charge is -2.32. The summed E-state index contributed by atoms with van der Waals surface area (Å²) in [6, 6.07) is 0. The quantitative estimate of drug-likeness (QED) is 0.731. The molecule has 0 aromatic heterocycles. The summed E-state index contributed by atoms with van der Waals surface area (Å²) >= 11 is 0. The Labute approximate surface area is 92.8 Å². The van der Waals surface area contributed by atoms with Crippen molar-refractivity contribution in [3.8, 4) is 0 Å². The van der Waals surface area contributed by atoms with Gasteiger partial charge < -0.3 is 11.1 Å². The van der Waals surface area contributed by atoms with Crippen LogP contribution < -0.4 is 11.1 Å². The molecule has 0 radical (unpaired) electrons. The zero-order chi connectivity index (χ0) is 11.5. The Bertz CT molecular complexity index is 220. The minimum absolute atomic E-state index is 0.131. The van der Waals surface area contributed by atoms with E-state index in [2.05, 4.69) is 5.32 Å². The van der Waals surface area contributed by atoms with E-state index in [0.29, 0.717) is 12.5 Å². The van der Waals surface area contributed by atoms with Crippen molar-refractivity contribution in [3.05, 3.63) is 0 Å². The first kappa shape index (κ1) is 12.5. The summed E-state index contributed by atoms with van der Waals surface area (Å²) in [5.74, 6) is 0.724. The number of carbonyl (C=O) groups is 1. The highest BCUT2D eigenvalue weighted by Crippen LogP contribution is 2.29. The SMILES string of the molecule is CC(C)(C)NC(=O)C1CCCCC1CN. The summed E-state index contributed by atoms with van der Waals surface area (Å²) in [4.78, 5) is 12.0. The Morgan fingerprint density at radius 2 is 1.93 bits per heavy atom. The van der Waals surface area contributed by atoms with E-state index in [-0.39, 0.29) is 17.4 Å². The fraction of sp³-hybridized carbons (Fsp3) is 0.917. The third-order valence-electron chi connectivity index (χ3n) is 3.05. The highest BCUT2D eigenvalue weighted by atomic mass is 16.2. The van der Waals surface area contributed by atoms with Gasteiger partial charge in [-0.15, -0.1) is 0 Å². The minimum atomic E-state index is -0.131. The van der Waals surface area contributed by atoms with E-state index in [1.807, 2.05) is 20.8 Å². The molecule has 0 saturated heterocycles. The molecule has 1 fully saturated rings. The topological polar surface area (TPSA) is 55.1 Å². The smallest absolute Gasteiger partial charge is 0.223 e. The van der Waals surface area contributed by atoms with Crippen LogP contribution in [0.3, 0.4) is 0 Å². The second-order valence-corrected chi connectivity index (χ2v) is 5.63. The first-order valence-corrected chi connectivity index (χ1v) is 5.96. The van der Waals surface area contributed by atoms with E-state index in [1.165, 1.54) is 12.8 Å². The van der Waals surface area contributed by atoms with Crippen LogP contribution in [0.2, 0.25) is 0 Å². The second kappa shape index (κ2) is 4.97. The molecule has 3 N–H and O–H groups in total. The summed E-state index contributed by atoms with van der Waals surface area (Å²) < 4.78 is 0. The van der Waals surface area contributed by atoms with Gasteiger partial charge in [-0.05, 0) is 46.1 Å². The third-order valence-corrected chi connectivity index (χ3v) is 3.05. The molecule has 3 nitrogen and oxygen atoms in total. The molecule has 0 aromatic carbocycles. The number of hydrogen-bond acceptors (Lipinski definition) is 2. The molecule has 2 unspecified atom stereocenters. The molecule has 0 aliphatic heterocycles. The second-order valence-electron chi connectivity index (χ2n) is 5.63. The number of rotatable bonds is 2. The van der Waals surface area contributed by atoms with Crippen molar-refractivity contribution in [2.24, 2.45) is 17.6 Å². The molecule has 3 heteroatoms. The zero-order valence-corrected chi connectivity index (χ0v) is 10.2. The third kappa shape index (κ3) is 3.82. The van der Waals surface area contributed by atoms with Crippen LogP contribution in [0.15, 0.2) is 0 Å². The Morgan fingerprint density at radius 1 is 1.33 bits per heavy atom. The number of nitrogens with two attached hydrogens (primary N) is 1. The van der Waals surface area contributed by atoms with Crippen LogP contribution in [0.25, 0.3) is 0 Å². The van der Waals surface area contributed by atoms with Crippen molar-refractivity contribution in [1.82, 2.24) is 5.32 Å². The van der Waals surface area contributed by atoms with Crippen molar-refractivity contribution in [2.75, 3.05) is 6.54 Å². The van der Waals surface area contributed by atoms with Crippen LogP contribution in [0.1, 0.15) is 46.5 Å². The lowest BCUT2D eigenvalue weighted by Crippen LogP contribution is -2.47. The van der Waals surface area contributed by atoms with E-state index < -0.39 is 0 Å². The average molecular weight is 212 g/mol. The van der Waals surface area contributed by atoms with Crippen LogP contribution >= 0.6 is 0 Å². The van der Waals surface area contributed by atoms with E-state index in [1.54, 1.807) is 0 Å². The van der Waals surface area contributed by atoms with Gasteiger partial charge in [0.25, 0.3) is 0 Å². The summed E-state index contributed by atoms with van der Waals surface area (Å²) in [6.45, 7) is 6.70. The summed E-state index contributed by atoms with van der Waals surface area (Å²) in [7, 11) is 0. The molecule has 0 heterocycles. The van der Waals surface area contributed by atoms with Gasteiger partial charge in [-0.2, -0.15) is 0 Å². The van der Waals surface area contributed by atoms with Crippen LogP contribution in [0.5, 0.6) is 0 Å². The van der Waals surface area contributed by atoms with Gasteiger partial charge in [-0.25, -0.2) is 0 Å². The molecule has 1 aliphatic carbocycles. The van der Waals surface area contributed by atoms with Crippen LogP contribution in [-0.4, -0.2) is 18.0 Å². The van der Waals surface area contributed by atoms with Gasteiger partial charge in [0, 0.05) is 11.5 Å². The van der Waals surface area contributed by atoms with E-state index in [4.69, 9.17) is 5.73 Å². The Kier molecular flexibility index (Phi) is 4.14. The van der Waals surface area contributed by atoms with Gasteiger partial charge in [0.2, 0.25) is 5.91 Å². The predicted octanol–water partition coefficient (Wildman–Crippen LogP) is 1.67. The van der Waals surface area contributed by atoms with Gasteiger partial charge in [-0.3, -0.25) is 4.79 Å². The maximum atomic E-state index is 12.0. The van der Waals surface area contributed by atoms with E-state index >= 15 is 0 Å². The lowest BCUT2D eigenvalue weighted by atomic mass is 9.78. The monoisotopic (exact) mass is 212 g/mol. The van der Waals surface area contributed by atoms with Crippen molar-refractivity contribution >= 4 is 5.91 Å². The Hall–Kier alpha value is -0.570. The molecule has 0 bridgehead atoms. The van der Waals surface area contributed by atoms with Crippen LogP contribution in [-0.2, 0) is 4.79 Å². The molecule has 88 valence electrons. The van der Waals surface area contributed by atoms with E-state index in [0.717, 1.165) is 12.8 Å². The van der Waals surface area contributed by atoms with Crippen molar-refractivity contribution in [3.63, 3.8) is 0 Å². The molecule has 1 rings (SSSR count). The number of hydrogen-bond donors (Lipinski definition) is 2. The molecule has 1 saturated carbocycles. The molecule has 1 aliphatic rings. The number of carbonyl (C=O) groups excluding carboxylic acids is 1. The summed E-state index contributed by atoms with van der Waals surface area (Å²) in [5.41, 5.74) is 5.58. The van der Waals surface area contributed by atoms with Crippen molar-refractivity contribution in [1.29, 1.82) is 0 Å². The van der Waals surface area contributed by atoms with Crippen molar-refractivity contribution in [2.45, 2.75) is 52.0 Å². The van der Waals surface area contributed by atoms with Crippen LogP contribution in [0.4, 0.5) is 0 Å². The largest absolute Gasteiger partial charge is 0.351 e. The highest BCUT2D eigenvalue weighted by Gasteiger charge is 2.31. The fourth-order valence-electron chi connectivity index (χ4n) is 2.30. The first-order chi connectivity index (χ1) is 6.94. The standard InChI is InChI=1S/C12H24N2O/c1-12(2,3)14-11(15)10-7-5-4-6-9(10)8-13/h9-10H,4-8,13H2,1-3H3,(H,14,15). The van der Waals surface area contributed by atoms with Gasteiger partial charge in [0.1, 0.15) is 0 Å². The van der Waals surface area contributed by atoms with Crippen molar-refractivity contribution < 1.29 is 4.79 Å². The molecular weight excluding hydrogens is 188 g/mol.